The first kappa shape index (κ1) is 31.6. The number of urea groups is 1. The summed E-state index contributed by atoms with van der Waals surface area (Å²) in [6, 6.07) is 15.4. The molecule has 0 unspecified atom stereocenters. The fraction of sp³-hybridized carbons (Fsp3) is 0.618. The van der Waals surface area contributed by atoms with Crippen molar-refractivity contribution in [1.29, 1.82) is 0 Å². The molecule has 3 aliphatic rings. The second-order valence-corrected chi connectivity index (χ2v) is 14.8. The number of hydrogen-bond donors (Lipinski definition) is 2. The predicted octanol–water partition coefficient (Wildman–Crippen LogP) is 6.99. The molecule has 0 aromatic heterocycles. The van der Waals surface area contributed by atoms with Gasteiger partial charge in [0.2, 0.25) is 10.0 Å². The highest BCUT2D eigenvalue weighted by molar-refractivity contribution is 7.92. The molecule has 43 heavy (non-hydrogen) atoms. The lowest BCUT2D eigenvalue weighted by Gasteiger charge is -2.36. The van der Waals surface area contributed by atoms with E-state index in [1.54, 1.807) is 24.3 Å². The lowest BCUT2D eigenvalue weighted by atomic mass is 9.87. The molecule has 1 saturated heterocycles. The predicted molar refractivity (Wildman–Crippen MR) is 173 cm³/mol. The Balaban J connectivity index is 1.06. The van der Waals surface area contributed by atoms with Crippen molar-refractivity contribution in [2.45, 2.75) is 89.6 Å². The molecule has 2 amide bonds. The van der Waals surface area contributed by atoms with Gasteiger partial charge in [-0.15, -0.1) is 0 Å². The van der Waals surface area contributed by atoms with E-state index >= 15 is 0 Å². The summed E-state index contributed by atoms with van der Waals surface area (Å²) in [5.74, 6) is 2.73. The van der Waals surface area contributed by atoms with E-state index in [0.29, 0.717) is 23.3 Å². The van der Waals surface area contributed by atoms with E-state index < -0.39 is 10.0 Å². The van der Waals surface area contributed by atoms with E-state index in [4.69, 9.17) is 4.74 Å². The van der Waals surface area contributed by atoms with Gasteiger partial charge in [-0.05, 0) is 92.3 Å². The Morgan fingerprint density at radius 3 is 1.81 bits per heavy atom. The molecule has 9 heteroatoms. The van der Waals surface area contributed by atoms with Crippen LogP contribution in [0, 0.1) is 11.8 Å². The van der Waals surface area contributed by atoms with E-state index in [1.807, 2.05) is 12.1 Å². The minimum absolute atomic E-state index is 0.173. The van der Waals surface area contributed by atoms with Gasteiger partial charge in [0.1, 0.15) is 11.5 Å². The quantitative estimate of drug-likeness (QED) is 0.286. The van der Waals surface area contributed by atoms with Crippen molar-refractivity contribution in [3.63, 3.8) is 0 Å². The zero-order valence-corrected chi connectivity index (χ0v) is 26.6. The summed E-state index contributed by atoms with van der Waals surface area (Å²) in [6.45, 7) is 4.70. The molecule has 2 aromatic rings. The van der Waals surface area contributed by atoms with Crippen molar-refractivity contribution in [3.05, 3.63) is 54.1 Å². The number of anilines is 1. The third-order valence-electron chi connectivity index (χ3n) is 9.33. The number of nitrogens with zero attached hydrogens (tertiary/aromatic N) is 2. The summed E-state index contributed by atoms with van der Waals surface area (Å²) in [6.07, 6.45) is 16.2. The van der Waals surface area contributed by atoms with Gasteiger partial charge in [0, 0.05) is 44.5 Å². The van der Waals surface area contributed by atoms with Crippen LogP contribution in [-0.4, -0.2) is 62.7 Å². The number of rotatable bonds is 11. The van der Waals surface area contributed by atoms with Crippen molar-refractivity contribution in [1.82, 2.24) is 15.1 Å². The number of benzene rings is 2. The summed E-state index contributed by atoms with van der Waals surface area (Å²) < 4.78 is 31.2. The van der Waals surface area contributed by atoms with Crippen LogP contribution < -0.4 is 14.8 Å². The Labute approximate surface area is 258 Å². The third kappa shape index (κ3) is 10.4. The van der Waals surface area contributed by atoms with Crippen LogP contribution in [0.25, 0.3) is 0 Å². The average molecular weight is 611 g/mol. The molecule has 8 nitrogen and oxygen atoms in total. The zero-order valence-electron chi connectivity index (χ0n) is 25.8. The molecule has 1 aliphatic heterocycles. The van der Waals surface area contributed by atoms with Gasteiger partial charge in [0.15, 0.2) is 0 Å². The average Bonchev–Trinajstić information content (AvgIpc) is 3.00. The van der Waals surface area contributed by atoms with E-state index in [2.05, 4.69) is 32.0 Å². The first-order valence-electron chi connectivity index (χ1n) is 16.4. The molecule has 3 fully saturated rings. The van der Waals surface area contributed by atoms with Crippen LogP contribution in [0.1, 0.15) is 82.6 Å². The van der Waals surface area contributed by atoms with Gasteiger partial charge in [-0.25, -0.2) is 13.2 Å². The molecule has 236 valence electrons. The molecule has 0 spiro atoms. The van der Waals surface area contributed by atoms with Crippen molar-refractivity contribution < 1.29 is 17.9 Å². The molecule has 2 N–H and O–H groups in total. The van der Waals surface area contributed by atoms with E-state index in [9.17, 15) is 13.2 Å². The third-order valence-corrected chi connectivity index (χ3v) is 9.94. The van der Waals surface area contributed by atoms with Crippen LogP contribution in [0.3, 0.4) is 0 Å². The highest BCUT2D eigenvalue weighted by Crippen LogP contribution is 2.29. The van der Waals surface area contributed by atoms with Crippen LogP contribution in [-0.2, 0) is 16.6 Å². The number of carbonyl (C=O) groups is 1. The smallest absolute Gasteiger partial charge is 0.317 e. The molecule has 2 aliphatic carbocycles. The standard InChI is InChI=1S/C34H50N4O4S/c1-43(40,41)36-31-14-18-33(19-15-31)42-32-16-12-29(13-17-32)24-37-22-20-30(21-23-37)35-34(39)38(25-27-8-4-2-5-9-27)26-28-10-6-3-7-11-28/h12-19,27-28,30,36H,2-11,20-26H2,1H3,(H,35,39). The summed E-state index contributed by atoms with van der Waals surface area (Å²) in [4.78, 5) is 18.2. The monoisotopic (exact) mass is 610 g/mol. The number of likely N-dealkylation sites (tertiary alicyclic amines) is 1. The van der Waals surface area contributed by atoms with Gasteiger partial charge in [-0.2, -0.15) is 0 Å². The zero-order chi connectivity index (χ0) is 30.1. The highest BCUT2D eigenvalue weighted by Gasteiger charge is 2.27. The van der Waals surface area contributed by atoms with Crippen molar-refractivity contribution in [2.75, 3.05) is 37.2 Å². The fourth-order valence-electron chi connectivity index (χ4n) is 6.97. The van der Waals surface area contributed by atoms with E-state index in [0.717, 1.165) is 57.6 Å². The maximum absolute atomic E-state index is 13.5. The van der Waals surface area contributed by atoms with Crippen molar-refractivity contribution in [3.8, 4) is 11.5 Å². The number of ether oxygens (including phenoxy) is 1. The van der Waals surface area contributed by atoms with E-state index in [-0.39, 0.29) is 12.1 Å². The van der Waals surface area contributed by atoms with Gasteiger partial charge < -0.3 is 15.0 Å². The minimum atomic E-state index is -3.30. The number of hydrogen-bond acceptors (Lipinski definition) is 5. The van der Waals surface area contributed by atoms with Crippen LogP contribution in [0.4, 0.5) is 10.5 Å². The Morgan fingerprint density at radius 2 is 1.30 bits per heavy atom. The normalized spacial score (nSPS) is 19.6. The number of amides is 2. The van der Waals surface area contributed by atoms with Gasteiger partial charge >= 0.3 is 6.03 Å². The van der Waals surface area contributed by atoms with Crippen LogP contribution in [0.2, 0.25) is 0 Å². The molecule has 0 bridgehead atoms. The second-order valence-electron chi connectivity index (χ2n) is 13.1. The number of carbonyl (C=O) groups excluding carboxylic acids is 1. The highest BCUT2D eigenvalue weighted by atomic mass is 32.2. The molecule has 0 atom stereocenters. The minimum Gasteiger partial charge on any atom is -0.457 e. The summed E-state index contributed by atoms with van der Waals surface area (Å²) >= 11 is 0. The lowest BCUT2D eigenvalue weighted by molar-refractivity contribution is 0.144. The summed E-state index contributed by atoms with van der Waals surface area (Å²) in [7, 11) is -3.30. The molecule has 0 radical (unpaired) electrons. The van der Waals surface area contributed by atoms with Gasteiger partial charge in [0.05, 0.1) is 6.26 Å². The van der Waals surface area contributed by atoms with E-state index in [1.165, 1.54) is 69.8 Å². The number of sulfonamides is 1. The van der Waals surface area contributed by atoms with Crippen molar-refractivity contribution >= 4 is 21.7 Å². The molecule has 2 aromatic carbocycles. The first-order chi connectivity index (χ1) is 20.8. The molecular formula is C34H50N4O4S. The summed E-state index contributed by atoms with van der Waals surface area (Å²) in [5.41, 5.74) is 1.73. The first-order valence-corrected chi connectivity index (χ1v) is 18.3. The molecule has 2 saturated carbocycles. The number of piperidine rings is 1. The topological polar surface area (TPSA) is 91.0 Å². The molecule has 5 rings (SSSR count). The maximum Gasteiger partial charge on any atom is 0.317 e. The second kappa shape index (κ2) is 15.3. The van der Waals surface area contributed by atoms with Crippen LogP contribution in [0.5, 0.6) is 11.5 Å². The molecular weight excluding hydrogens is 560 g/mol. The van der Waals surface area contributed by atoms with Gasteiger partial charge in [-0.1, -0.05) is 50.7 Å². The Bertz CT molecular complexity index is 1230. The van der Waals surface area contributed by atoms with Gasteiger partial charge in [-0.3, -0.25) is 9.62 Å². The molecule has 1 heterocycles. The summed E-state index contributed by atoms with van der Waals surface area (Å²) in [5, 5.41) is 3.44. The Morgan fingerprint density at radius 1 is 0.791 bits per heavy atom. The Kier molecular flexibility index (Phi) is 11.2. The Hall–Kier alpha value is -2.78. The van der Waals surface area contributed by atoms with Crippen molar-refractivity contribution in [2.24, 2.45) is 11.8 Å². The van der Waals surface area contributed by atoms with Gasteiger partial charge in [0.25, 0.3) is 0 Å². The number of nitrogens with one attached hydrogen (secondary N) is 2. The largest absolute Gasteiger partial charge is 0.457 e. The van der Waals surface area contributed by atoms with Crippen LogP contribution >= 0.6 is 0 Å². The van der Waals surface area contributed by atoms with Crippen LogP contribution in [0.15, 0.2) is 48.5 Å². The lowest BCUT2D eigenvalue weighted by Crippen LogP contribution is -2.51. The maximum atomic E-state index is 13.5. The SMILES string of the molecule is CS(=O)(=O)Nc1ccc(Oc2ccc(CN3CCC(NC(=O)N(CC4CCCCC4)CC4CCCCC4)CC3)cc2)cc1. The fourth-order valence-corrected chi connectivity index (χ4v) is 7.53.